The van der Waals surface area contributed by atoms with Gasteiger partial charge in [-0.25, -0.2) is 0 Å². The highest BCUT2D eigenvalue weighted by Crippen LogP contribution is 2.44. The molecule has 0 bridgehead atoms. The normalized spacial score (nSPS) is 18.3. The van der Waals surface area contributed by atoms with Crippen LogP contribution in [0.5, 0.6) is 5.75 Å². The number of halogens is 1. The summed E-state index contributed by atoms with van der Waals surface area (Å²) in [6, 6.07) is 7.05. The molecule has 29 heavy (non-hydrogen) atoms. The number of nitrogens with zero attached hydrogens (tertiary/aromatic N) is 3. The first-order valence-corrected chi connectivity index (χ1v) is 9.77. The average Bonchev–Trinajstić information content (AvgIpc) is 3.36. The van der Waals surface area contributed by atoms with E-state index in [1.807, 2.05) is 11.0 Å². The van der Waals surface area contributed by atoms with E-state index in [0.717, 1.165) is 29.8 Å². The van der Waals surface area contributed by atoms with Crippen LogP contribution in [0, 0.1) is 6.57 Å². The highest BCUT2D eigenvalue weighted by Gasteiger charge is 2.35. The quantitative estimate of drug-likeness (QED) is 0.658. The summed E-state index contributed by atoms with van der Waals surface area (Å²) in [5.41, 5.74) is 3.46. The number of carbonyl (C=O) groups is 1. The number of hydrogen-bond acceptors (Lipinski definition) is 5. The van der Waals surface area contributed by atoms with Crippen molar-refractivity contribution in [2.75, 3.05) is 26.2 Å². The van der Waals surface area contributed by atoms with Crippen LogP contribution < -0.4 is 10.1 Å². The molecule has 8 heteroatoms. The Bertz CT molecular complexity index is 1160. The topological polar surface area (TPSA) is 72.0 Å². The van der Waals surface area contributed by atoms with E-state index in [1.165, 1.54) is 0 Å². The van der Waals surface area contributed by atoms with Crippen LogP contribution in [-0.4, -0.2) is 48.1 Å². The van der Waals surface area contributed by atoms with Crippen molar-refractivity contribution in [3.63, 3.8) is 0 Å². The maximum Gasteiger partial charge on any atom is 0.348 e. The van der Waals surface area contributed by atoms with Gasteiger partial charge in [-0.2, -0.15) is 4.85 Å². The number of furan rings is 1. The number of benzene rings is 1. The predicted octanol–water partition coefficient (Wildman–Crippen LogP) is 3.43. The first-order valence-electron chi connectivity index (χ1n) is 9.39. The van der Waals surface area contributed by atoms with E-state index in [-0.39, 0.29) is 11.8 Å². The van der Waals surface area contributed by atoms with E-state index in [1.54, 1.807) is 24.4 Å². The molecule has 0 spiro atoms. The minimum absolute atomic E-state index is 0.00191. The summed E-state index contributed by atoms with van der Waals surface area (Å²) in [6.45, 7) is 10.1. The lowest BCUT2D eigenvalue weighted by molar-refractivity contribution is -0.138. The SMILES string of the molecule is [C-]#[N+]c1cc2nccc(-c3cc(Cl)cc4c3O[C@@H](C(=O)N3CCNCC3)C4)c2o1. The molecule has 2 aliphatic rings. The number of ether oxygens (including phenoxy) is 1. The number of carbonyl (C=O) groups excluding carboxylic acids is 1. The molecule has 1 atom stereocenters. The lowest BCUT2D eigenvalue weighted by Gasteiger charge is -2.29. The van der Waals surface area contributed by atoms with E-state index < -0.39 is 6.10 Å². The molecule has 3 aromatic rings. The molecular weight excluding hydrogens is 392 g/mol. The average molecular weight is 409 g/mol. The fourth-order valence-electron chi connectivity index (χ4n) is 3.94. The van der Waals surface area contributed by atoms with Crippen LogP contribution >= 0.6 is 11.6 Å². The molecule has 0 saturated carbocycles. The van der Waals surface area contributed by atoms with Gasteiger partial charge in [0.2, 0.25) is 0 Å². The summed E-state index contributed by atoms with van der Waals surface area (Å²) in [6.07, 6.45) is 1.57. The Balaban J connectivity index is 1.55. The monoisotopic (exact) mass is 408 g/mol. The van der Waals surface area contributed by atoms with Gasteiger partial charge in [0.1, 0.15) is 11.3 Å². The van der Waals surface area contributed by atoms with Crippen molar-refractivity contribution in [2.45, 2.75) is 12.5 Å². The first-order chi connectivity index (χ1) is 14.1. The number of hydrogen-bond donors (Lipinski definition) is 1. The van der Waals surface area contributed by atoms with Gasteiger partial charge < -0.3 is 19.4 Å². The molecule has 0 unspecified atom stereocenters. The molecule has 2 aromatic heterocycles. The maximum absolute atomic E-state index is 12.9. The molecule has 5 rings (SSSR count). The molecule has 0 radical (unpaired) electrons. The molecular formula is C21H17ClN4O3. The second-order valence-corrected chi connectivity index (χ2v) is 7.53. The molecule has 2 aliphatic heterocycles. The third-order valence-corrected chi connectivity index (χ3v) is 5.52. The smallest absolute Gasteiger partial charge is 0.348 e. The molecule has 7 nitrogen and oxygen atoms in total. The van der Waals surface area contributed by atoms with E-state index in [4.69, 9.17) is 27.3 Å². The van der Waals surface area contributed by atoms with Crippen LogP contribution in [0.25, 0.3) is 27.1 Å². The number of pyridine rings is 1. The molecule has 146 valence electrons. The molecule has 4 heterocycles. The zero-order valence-corrected chi connectivity index (χ0v) is 16.2. The summed E-state index contributed by atoms with van der Waals surface area (Å²) in [4.78, 5) is 22.4. The van der Waals surface area contributed by atoms with E-state index in [9.17, 15) is 4.79 Å². The molecule has 1 N–H and O–H groups in total. The Morgan fingerprint density at radius 3 is 2.90 bits per heavy atom. The van der Waals surface area contributed by atoms with Gasteiger partial charge in [0.25, 0.3) is 5.91 Å². The third-order valence-electron chi connectivity index (χ3n) is 5.30. The van der Waals surface area contributed by atoms with Crippen LogP contribution in [0.4, 0.5) is 5.88 Å². The van der Waals surface area contributed by atoms with Crippen molar-refractivity contribution in [2.24, 2.45) is 0 Å². The zero-order valence-electron chi connectivity index (χ0n) is 15.4. The fourth-order valence-corrected chi connectivity index (χ4v) is 4.18. The summed E-state index contributed by atoms with van der Waals surface area (Å²) in [5, 5.41) is 3.80. The number of fused-ring (bicyclic) bond motifs is 2. The van der Waals surface area contributed by atoms with E-state index in [2.05, 4.69) is 15.1 Å². The number of amides is 1. The lowest BCUT2D eigenvalue weighted by Crippen LogP contribution is -2.50. The van der Waals surface area contributed by atoms with Crippen LogP contribution in [0.3, 0.4) is 0 Å². The molecule has 1 amide bonds. The molecule has 1 saturated heterocycles. The molecule has 1 fully saturated rings. The Morgan fingerprint density at radius 2 is 2.10 bits per heavy atom. The fraction of sp³-hybridized carbons (Fsp3) is 0.286. The second kappa shape index (κ2) is 7.07. The number of aromatic nitrogens is 1. The lowest BCUT2D eigenvalue weighted by atomic mass is 10.0. The summed E-state index contributed by atoms with van der Waals surface area (Å²) < 4.78 is 11.8. The maximum atomic E-state index is 12.9. The highest BCUT2D eigenvalue weighted by atomic mass is 35.5. The minimum Gasteiger partial charge on any atom is -0.479 e. The van der Waals surface area contributed by atoms with Crippen LogP contribution in [0.2, 0.25) is 5.02 Å². The summed E-state index contributed by atoms with van der Waals surface area (Å²) in [7, 11) is 0. The molecule has 1 aromatic carbocycles. The summed E-state index contributed by atoms with van der Waals surface area (Å²) >= 11 is 6.38. The van der Waals surface area contributed by atoms with Crippen molar-refractivity contribution >= 4 is 34.5 Å². The van der Waals surface area contributed by atoms with Crippen molar-refractivity contribution in [3.05, 3.63) is 52.5 Å². The van der Waals surface area contributed by atoms with Crippen molar-refractivity contribution in [1.82, 2.24) is 15.2 Å². The van der Waals surface area contributed by atoms with Gasteiger partial charge in [0.15, 0.2) is 6.10 Å². The largest absolute Gasteiger partial charge is 0.479 e. The van der Waals surface area contributed by atoms with Crippen molar-refractivity contribution < 1.29 is 13.9 Å². The number of rotatable bonds is 2. The molecule has 0 aliphatic carbocycles. The number of piperazine rings is 1. The Labute approximate surface area is 172 Å². The van der Waals surface area contributed by atoms with E-state index in [0.29, 0.717) is 41.4 Å². The number of nitrogens with one attached hydrogen (secondary N) is 1. The second-order valence-electron chi connectivity index (χ2n) is 7.10. The van der Waals surface area contributed by atoms with Crippen LogP contribution in [0.15, 0.2) is 34.9 Å². The highest BCUT2D eigenvalue weighted by molar-refractivity contribution is 6.31. The van der Waals surface area contributed by atoms with Crippen LogP contribution in [-0.2, 0) is 11.2 Å². The Hall–Kier alpha value is -3.08. The van der Waals surface area contributed by atoms with Gasteiger partial charge in [0.05, 0.1) is 12.1 Å². The Morgan fingerprint density at radius 1 is 1.28 bits per heavy atom. The van der Waals surface area contributed by atoms with E-state index >= 15 is 0 Å². The summed E-state index contributed by atoms with van der Waals surface area (Å²) in [5.74, 6) is 0.806. The zero-order chi connectivity index (χ0) is 20.0. The van der Waals surface area contributed by atoms with Gasteiger partial charge in [-0.05, 0) is 18.2 Å². The van der Waals surface area contributed by atoms with Crippen molar-refractivity contribution in [1.29, 1.82) is 0 Å². The van der Waals surface area contributed by atoms with Gasteiger partial charge in [-0.15, -0.1) is 0 Å². The van der Waals surface area contributed by atoms with Crippen LogP contribution in [0.1, 0.15) is 5.56 Å². The van der Waals surface area contributed by atoms with Gasteiger partial charge in [0, 0.05) is 66.6 Å². The van der Waals surface area contributed by atoms with Gasteiger partial charge in [-0.1, -0.05) is 11.6 Å². The Kier molecular flexibility index (Phi) is 4.38. The van der Waals surface area contributed by atoms with Crippen molar-refractivity contribution in [3.8, 4) is 16.9 Å². The van der Waals surface area contributed by atoms with Gasteiger partial charge >= 0.3 is 5.88 Å². The standard InChI is InChI=1S/C21H17ClN4O3/c1-23-18-11-16-20(29-18)14(2-3-25-16)15-10-13(22)8-12-9-17(28-19(12)15)21(27)26-6-4-24-5-7-26/h2-3,8,10-11,17,24H,4-7,9H2/t17-/m1/s1. The predicted molar refractivity (Wildman–Crippen MR) is 108 cm³/mol. The first kappa shape index (κ1) is 18.0. The minimum atomic E-state index is -0.562. The van der Waals surface area contributed by atoms with Gasteiger partial charge in [-0.3, -0.25) is 9.78 Å². The third kappa shape index (κ3) is 3.11.